The molecule has 1 atom stereocenters. The van der Waals surface area contributed by atoms with Crippen molar-refractivity contribution in [2.24, 2.45) is 0 Å². The Morgan fingerprint density at radius 2 is 2.46 bits per heavy atom. The molecule has 0 bridgehead atoms. The summed E-state index contributed by atoms with van der Waals surface area (Å²) >= 11 is 0. The Labute approximate surface area is 80.2 Å². The van der Waals surface area contributed by atoms with Crippen molar-refractivity contribution in [2.75, 3.05) is 7.11 Å². The maximum absolute atomic E-state index is 5.71. The first-order valence-corrected chi connectivity index (χ1v) is 4.63. The van der Waals surface area contributed by atoms with Crippen LogP contribution in [0.15, 0.2) is 24.0 Å². The first-order valence-electron chi connectivity index (χ1n) is 4.63. The van der Waals surface area contributed by atoms with Gasteiger partial charge in [-0.1, -0.05) is 12.2 Å². The molecule has 2 nitrogen and oxygen atoms in total. The molecule has 0 spiro atoms. The van der Waals surface area contributed by atoms with Gasteiger partial charge in [0.05, 0.1) is 5.76 Å². The number of hydrogen-bond donors (Lipinski definition) is 0. The summed E-state index contributed by atoms with van der Waals surface area (Å²) < 4.78 is 11.0. The third-order valence-electron chi connectivity index (χ3n) is 2.23. The Balaban J connectivity index is 2.59. The molecule has 0 aromatic carbocycles. The van der Waals surface area contributed by atoms with E-state index in [4.69, 9.17) is 9.47 Å². The summed E-state index contributed by atoms with van der Waals surface area (Å²) in [5, 5.41) is 0. The lowest BCUT2D eigenvalue weighted by molar-refractivity contribution is -0.196. The smallest absolute Gasteiger partial charge is 0.207 e. The molecule has 1 rings (SSSR count). The van der Waals surface area contributed by atoms with Crippen LogP contribution in [-0.4, -0.2) is 12.9 Å². The Bertz CT molecular complexity index is 230. The van der Waals surface area contributed by atoms with Crippen molar-refractivity contribution in [3.63, 3.8) is 0 Å². The van der Waals surface area contributed by atoms with Crippen molar-refractivity contribution in [2.45, 2.75) is 38.9 Å². The van der Waals surface area contributed by atoms with Crippen LogP contribution in [0.2, 0.25) is 0 Å². The van der Waals surface area contributed by atoms with E-state index in [0.29, 0.717) is 0 Å². The molecule has 1 aliphatic heterocycles. The normalized spacial score (nSPS) is 27.8. The zero-order valence-electron chi connectivity index (χ0n) is 8.72. The lowest BCUT2D eigenvalue weighted by atomic mass is 10.1. The van der Waals surface area contributed by atoms with Gasteiger partial charge in [-0.15, -0.1) is 0 Å². The van der Waals surface area contributed by atoms with Crippen LogP contribution in [0.3, 0.4) is 0 Å². The molecule has 74 valence electrons. The maximum Gasteiger partial charge on any atom is 0.207 e. The minimum atomic E-state index is -0.431. The van der Waals surface area contributed by atoms with Crippen LogP contribution < -0.4 is 0 Å². The molecule has 0 radical (unpaired) electrons. The summed E-state index contributed by atoms with van der Waals surface area (Å²) in [6.07, 6.45) is 4.88. The van der Waals surface area contributed by atoms with Gasteiger partial charge in [0.25, 0.3) is 0 Å². The van der Waals surface area contributed by atoms with Gasteiger partial charge in [-0.25, -0.2) is 0 Å². The molecule has 13 heavy (non-hydrogen) atoms. The van der Waals surface area contributed by atoms with Crippen molar-refractivity contribution in [1.82, 2.24) is 0 Å². The first-order chi connectivity index (χ1) is 6.06. The van der Waals surface area contributed by atoms with E-state index in [1.165, 1.54) is 0 Å². The van der Waals surface area contributed by atoms with E-state index >= 15 is 0 Å². The highest BCUT2D eigenvalue weighted by atomic mass is 16.7. The molecule has 1 unspecified atom stereocenters. The fourth-order valence-electron chi connectivity index (χ4n) is 1.41. The van der Waals surface area contributed by atoms with Gasteiger partial charge in [0.15, 0.2) is 0 Å². The van der Waals surface area contributed by atoms with Crippen molar-refractivity contribution < 1.29 is 9.47 Å². The summed E-state index contributed by atoms with van der Waals surface area (Å²) in [4.78, 5) is 0. The molecule has 0 N–H and O–H groups in total. The van der Waals surface area contributed by atoms with E-state index in [0.717, 1.165) is 30.6 Å². The Kier molecular flexibility index (Phi) is 3.15. The minimum absolute atomic E-state index is 0.431. The van der Waals surface area contributed by atoms with Crippen LogP contribution in [0.5, 0.6) is 0 Å². The average Bonchev–Trinajstić information content (AvgIpc) is 2.03. The SMILES string of the molecule is C=C(C)CC1=CCCC(C)(OC)O1. The van der Waals surface area contributed by atoms with E-state index in [1.807, 2.05) is 13.8 Å². The number of hydrogen-bond acceptors (Lipinski definition) is 2. The highest BCUT2D eigenvalue weighted by Gasteiger charge is 2.28. The summed E-state index contributed by atoms with van der Waals surface area (Å²) in [6.45, 7) is 7.83. The van der Waals surface area contributed by atoms with Crippen LogP contribution >= 0.6 is 0 Å². The van der Waals surface area contributed by atoms with Gasteiger partial charge < -0.3 is 9.47 Å². The first kappa shape index (κ1) is 10.3. The molecular formula is C11H18O2. The minimum Gasteiger partial charge on any atom is -0.467 e. The second kappa shape index (κ2) is 3.97. The molecule has 1 aliphatic rings. The third-order valence-corrected chi connectivity index (χ3v) is 2.23. The highest BCUT2D eigenvalue weighted by Crippen LogP contribution is 2.29. The zero-order valence-corrected chi connectivity index (χ0v) is 8.72. The molecule has 2 heteroatoms. The molecular weight excluding hydrogens is 164 g/mol. The lowest BCUT2D eigenvalue weighted by Gasteiger charge is -2.33. The number of methoxy groups -OCH3 is 1. The Hall–Kier alpha value is -0.760. The highest BCUT2D eigenvalue weighted by molar-refractivity contribution is 5.08. The molecule has 1 heterocycles. The van der Waals surface area contributed by atoms with Crippen molar-refractivity contribution in [1.29, 1.82) is 0 Å². The molecule has 0 saturated heterocycles. The van der Waals surface area contributed by atoms with Crippen molar-refractivity contribution >= 4 is 0 Å². The molecule has 0 aromatic heterocycles. The number of rotatable bonds is 3. The predicted octanol–water partition coefficient (Wildman–Crippen LogP) is 3.01. The topological polar surface area (TPSA) is 18.5 Å². The fourth-order valence-corrected chi connectivity index (χ4v) is 1.41. The van der Waals surface area contributed by atoms with E-state index in [2.05, 4.69) is 12.7 Å². The van der Waals surface area contributed by atoms with Crippen LogP contribution in [0, 0.1) is 0 Å². The van der Waals surface area contributed by atoms with Crippen molar-refractivity contribution in [3.8, 4) is 0 Å². The predicted molar refractivity (Wildman–Crippen MR) is 53.2 cm³/mol. The van der Waals surface area contributed by atoms with Crippen LogP contribution in [0.25, 0.3) is 0 Å². The largest absolute Gasteiger partial charge is 0.467 e. The second-order valence-corrected chi connectivity index (χ2v) is 3.78. The van der Waals surface area contributed by atoms with E-state index < -0.39 is 5.79 Å². The molecule has 0 fully saturated rings. The van der Waals surface area contributed by atoms with Crippen LogP contribution in [0.1, 0.15) is 33.1 Å². The van der Waals surface area contributed by atoms with Crippen LogP contribution in [-0.2, 0) is 9.47 Å². The molecule has 0 saturated carbocycles. The van der Waals surface area contributed by atoms with E-state index in [1.54, 1.807) is 7.11 Å². The number of ether oxygens (including phenoxy) is 2. The van der Waals surface area contributed by atoms with Gasteiger partial charge in [0, 0.05) is 26.9 Å². The van der Waals surface area contributed by atoms with Crippen LogP contribution in [0.4, 0.5) is 0 Å². The zero-order chi connectivity index (χ0) is 9.90. The summed E-state index contributed by atoms with van der Waals surface area (Å²) in [6, 6.07) is 0. The van der Waals surface area contributed by atoms with Gasteiger partial charge in [-0.3, -0.25) is 0 Å². The molecule has 0 aromatic rings. The molecule has 0 amide bonds. The van der Waals surface area contributed by atoms with Gasteiger partial charge in [0.2, 0.25) is 5.79 Å². The Morgan fingerprint density at radius 3 is 3.00 bits per heavy atom. The fraction of sp³-hybridized carbons (Fsp3) is 0.636. The van der Waals surface area contributed by atoms with Gasteiger partial charge >= 0.3 is 0 Å². The summed E-state index contributed by atoms with van der Waals surface area (Å²) in [7, 11) is 1.68. The van der Waals surface area contributed by atoms with Gasteiger partial charge in [0.1, 0.15) is 0 Å². The summed E-state index contributed by atoms with van der Waals surface area (Å²) in [5.74, 6) is 0.558. The standard InChI is InChI=1S/C11H18O2/c1-9(2)8-10-6-5-7-11(3,12-4)13-10/h6H,1,5,7-8H2,2-4H3. The monoisotopic (exact) mass is 182 g/mol. The van der Waals surface area contributed by atoms with E-state index in [-0.39, 0.29) is 0 Å². The van der Waals surface area contributed by atoms with Gasteiger partial charge in [-0.2, -0.15) is 0 Å². The second-order valence-electron chi connectivity index (χ2n) is 3.78. The Morgan fingerprint density at radius 1 is 1.77 bits per heavy atom. The van der Waals surface area contributed by atoms with Gasteiger partial charge in [-0.05, 0) is 19.4 Å². The quantitative estimate of drug-likeness (QED) is 0.625. The maximum atomic E-state index is 5.71. The summed E-state index contributed by atoms with van der Waals surface area (Å²) in [5.41, 5.74) is 1.12. The third kappa shape index (κ3) is 2.88. The average molecular weight is 182 g/mol. The van der Waals surface area contributed by atoms with Crippen molar-refractivity contribution in [3.05, 3.63) is 24.0 Å². The molecule has 0 aliphatic carbocycles. The van der Waals surface area contributed by atoms with E-state index in [9.17, 15) is 0 Å². The number of allylic oxidation sites excluding steroid dienone is 2. The lowest BCUT2D eigenvalue weighted by Crippen LogP contribution is -2.32.